The molecule has 18 heavy (non-hydrogen) atoms. The van der Waals surface area contributed by atoms with Gasteiger partial charge in [0, 0.05) is 33.2 Å². The van der Waals surface area contributed by atoms with Crippen molar-refractivity contribution in [1.82, 2.24) is 14.9 Å². The summed E-state index contributed by atoms with van der Waals surface area (Å²) in [5.41, 5.74) is 0. The number of aryl methyl sites for hydroxylation is 1. The number of nitrogens with zero attached hydrogens (tertiary/aromatic N) is 2. The highest BCUT2D eigenvalue weighted by atomic mass is 32.1. The molecule has 3 aromatic rings. The number of rotatable bonds is 4. The zero-order chi connectivity index (χ0) is 12.5. The van der Waals surface area contributed by atoms with Gasteiger partial charge >= 0.3 is 0 Å². The standard InChI is InChI=1S/C13H15N3S2/c1-3-16-6-5-15-13(16)12(14-2)11-8-10-9(18-11)4-7-17-10/h4-8,12,14H,3H2,1-2H3. The van der Waals surface area contributed by atoms with Gasteiger partial charge in [-0.05, 0) is 31.5 Å². The molecule has 3 rings (SSSR count). The molecule has 0 radical (unpaired) electrons. The van der Waals surface area contributed by atoms with Crippen molar-refractivity contribution >= 4 is 32.1 Å². The third kappa shape index (κ3) is 1.88. The second kappa shape index (κ2) is 4.84. The Labute approximate surface area is 114 Å². The minimum Gasteiger partial charge on any atom is -0.334 e. The number of imidazole rings is 1. The van der Waals surface area contributed by atoms with Crippen molar-refractivity contribution in [3.8, 4) is 0 Å². The molecule has 94 valence electrons. The van der Waals surface area contributed by atoms with Gasteiger partial charge in [0.1, 0.15) is 11.9 Å². The van der Waals surface area contributed by atoms with E-state index in [1.54, 1.807) is 11.3 Å². The maximum atomic E-state index is 4.50. The van der Waals surface area contributed by atoms with Gasteiger partial charge in [0.05, 0.1) is 0 Å². The smallest absolute Gasteiger partial charge is 0.131 e. The SMILES string of the molecule is CCn1ccnc1C(NC)c1cc2sccc2s1. The maximum Gasteiger partial charge on any atom is 0.131 e. The average molecular weight is 277 g/mol. The van der Waals surface area contributed by atoms with Crippen molar-refractivity contribution < 1.29 is 0 Å². The Morgan fingerprint density at radius 3 is 3.06 bits per heavy atom. The van der Waals surface area contributed by atoms with Gasteiger partial charge in [-0.3, -0.25) is 0 Å². The average Bonchev–Trinajstić information content (AvgIpc) is 3.03. The summed E-state index contributed by atoms with van der Waals surface area (Å²) >= 11 is 3.65. The number of nitrogens with one attached hydrogen (secondary N) is 1. The molecule has 3 nitrogen and oxygen atoms in total. The van der Waals surface area contributed by atoms with Crippen LogP contribution in [0.3, 0.4) is 0 Å². The Bertz CT molecular complexity index is 621. The highest BCUT2D eigenvalue weighted by Gasteiger charge is 2.19. The predicted molar refractivity (Wildman–Crippen MR) is 78.5 cm³/mol. The van der Waals surface area contributed by atoms with Crippen LogP contribution < -0.4 is 5.32 Å². The Kier molecular flexibility index (Phi) is 3.20. The molecule has 0 saturated carbocycles. The Morgan fingerprint density at radius 2 is 2.33 bits per heavy atom. The van der Waals surface area contributed by atoms with Crippen LogP contribution in [0.4, 0.5) is 0 Å². The van der Waals surface area contributed by atoms with E-state index in [2.05, 4.69) is 39.3 Å². The first kappa shape index (κ1) is 11.9. The first-order valence-corrected chi connectivity index (χ1v) is 7.68. The summed E-state index contributed by atoms with van der Waals surface area (Å²) in [6.45, 7) is 3.10. The van der Waals surface area contributed by atoms with Crippen LogP contribution >= 0.6 is 22.7 Å². The Hall–Kier alpha value is -1.17. The van der Waals surface area contributed by atoms with E-state index < -0.39 is 0 Å². The first-order chi connectivity index (χ1) is 8.83. The van der Waals surface area contributed by atoms with E-state index in [-0.39, 0.29) is 6.04 Å². The van der Waals surface area contributed by atoms with Crippen LogP contribution in [0.25, 0.3) is 9.40 Å². The van der Waals surface area contributed by atoms with E-state index in [1.165, 1.54) is 14.3 Å². The number of hydrogen-bond acceptors (Lipinski definition) is 4. The topological polar surface area (TPSA) is 29.9 Å². The van der Waals surface area contributed by atoms with Gasteiger partial charge in [-0.1, -0.05) is 0 Å². The van der Waals surface area contributed by atoms with Crippen LogP contribution in [0.1, 0.15) is 23.7 Å². The monoisotopic (exact) mass is 277 g/mol. The molecule has 0 aromatic carbocycles. The number of fused-ring (bicyclic) bond motifs is 1. The van der Waals surface area contributed by atoms with Crippen LogP contribution in [0.5, 0.6) is 0 Å². The third-order valence-corrected chi connectivity index (χ3v) is 5.24. The molecule has 0 aliphatic heterocycles. The Balaban J connectivity index is 2.04. The van der Waals surface area contributed by atoms with Crippen molar-refractivity contribution in [2.24, 2.45) is 0 Å². The molecule has 3 aromatic heterocycles. The summed E-state index contributed by atoms with van der Waals surface area (Å²) in [6.07, 6.45) is 3.91. The van der Waals surface area contributed by atoms with Gasteiger partial charge in [0.15, 0.2) is 0 Å². The molecule has 1 unspecified atom stereocenters. The first-order valence-electron chi connectivity index (χ1n) is 5.98. The maximum absolute atomic E-state index is 4.50. The van der Waals surface area contributed by atoms with E-state index >= 15 is 0 Å². The summed E-state index contributed by atoms with van der Waals surface area (Å²) in [4.78, 5) is 5.83. The summed E-state index contributed by atoms with van der Waals surface area (Å²) in [7, 11) is 1.99. The molecule has 0 amide bonds. The zero-order valence-corrected chi connectivity index (χ0v) is 12.0. The van der Waals surface area contributed by atoms with Crippen LogP contribution in [0, 0.1) is 0 Å². The zero-order valence-electron chi connectivity index (χ0n) is 10.4. The van der Waals surface area contributed by atoms with Gasteiger partial charge < -0.3 is 9.88 Å². The molecular formula is C13H15N3S2. The second-order valence-corrected chi connectivity index (χ2v) is 6.15. The summed E-state index contributed by atoms with van der Waals surface area (Å²) < 4.78 is 4.92. The lowest BCUT2D eigenvalue weighted by molar-refractivity contribution is 0.597. The molecule has 1 atom stereocenters. The van der Waals surface area contributed by atoms with E-state index in [0.29, 0.717) is 0 Å². The van der Waals surface area contributed by atoms with Crippen LogP contribution in [0.2, 0.25) is 0 Å². The normalized spacial score (nSPS) is 13.2. The lowest BCUT2D eigenvalue weighted by Crippen LogP contribution is -2.20. The molecule has 0 aliphatic rings. The summed E-state index contributed by atoms with van der Waals surface area (Å²) in [6, 6.07) is 4.65. The number of thiophene rings is 2. The molecule has 0 spiro atoms. The molecule has 0 bridgehead atoms. The van der Waals surface area contributed by atoms with Gasteiger partial charge in [0.25, 0.3) is 0 Å². The number of aromatic nitrogens is 2. The lowest BCUT2D eigenvalue weighted by Gasteiger charge is -2.15. The molecule has 0 aliphatic carbocycles. The van der Waals surface area contributed by atoms with E-state index in [9.17, 15) is 0 Å². The third-order valence-electron chi connectivity index (χ3n) is 3.08. The van der Waals surface area contributed by atoms with Crippen molar-refractivity contribution in [2.75, 3.05) is 7.05 Å². The number of hydrogen-bond donors (Lipinski definition) is 1. The van der Waals surface area contributed by atoms with E-state index in [4.69, 9.17) is 0 Å². The molecule has 3 heterocycles. The molecule has 1 N–H and O–H groups in total. The second-order valence-electron chi connectivity index (χ2n) is 4.09. The molecule has 5 heteroatoms. The highest BCUT2D eigenvalue weighted by molar-refractivity contribution is 7.26. The largest absolute Gasteiger partial charge is 0.334 e. The summed E-state index contributed by atoms with van der Waals surface area (Å²) in [5.74, 6) is 1.09. The molecule has 0 saturated heterocycles. The molecule has 0 fully saturated rings. The van der Waals surface area contributed by atoms with E-state index in [0.717, 1.165) is 12.4 Å². The lowest BCUT2D eigenvalue weighted by atomic mass is 10.2. The molecular weight excluding hydrogens is 262 g/mol. The minimum atomic E-state index is 0.185. The van der Waals surface area contributed by atoms with Crippen LogP contribution in [-0.4, -0.2) is 16.6 Å². The predicted octanol–water partition coefficient (Wildman–Crippen LogP) is 3.49. The highest BCUT2D eigenvalue weighted by Crippen LogP contribution is 2.35. The van der Waals surface area contributed by atoms with Gasteiger partial charge in [-0.15, -0.1) is 22.7 Å². The van der Waals surface area contributed by atoms with Crippen LogP contribution in [-0.2, 0) is 6.54 Å². The Morgan fingerprint density at radius 1 is 1.44 bits per heavy atom. The quantitative estimate of drug-likeness (QED) is 0.791. The van der Waals surface area contributed by atoms with Gasteiger partial charge in [-0.25, -0.2) is 4.98 Å². The van der Waals surface area contributed by atoms with Crippen molar-refractivity contribution in [3.63, 3.8) is 0 Å². The van der Waals surface area contributed by atoms with Crippen molar-refractivity contribution in [1.29, 1.82) is 0 Å². The summed E-state index contributed by atoms with van der Waals surface area (Å²) in [5, 5.41) is 5.52. The fraction of sp³-hybridized carbons (Fsp3) is 0.308. The van der Waals surface area contributed by atoms with Gasteiger partial charge in [-0.2, -0.15) is 0 Å². The fourth-order valence-corrected chi connectivity index (χ4v) is 4.40. The fourth-order valence-electron chi connectivity index (χ4n) is 2.17. The van der Waals surface area contributed by atoms with E-state index in [1.807, 2.05) is 30.8 Å². The van der Waals surface area contributed by atoms with Gasteiger partial charge in [0.2, 0.25) is 0 Å². The van der Waals surface area contributed by atoms with Crippen molar-refractivity contribution in [2.45, 2.75) is 19.5 Å². The van der Waals surface area contributed by atoms with Crippen LogP contribution in [0.15, 0.2) is 29.9 Å². The minimum absolute atomic E-state index is 0.185. The van der Waals surface area contributed by atoms with Crippen molar-refractivity contribution in [3.05, 3.63) is 40.6 Å².